The van der Waals surface area contributed by atoms with Crippen LogP contribution in [0.5, 0.6) is 0 Å². The standard InChI is InChI=1S/C14H20N2OS/c1-11-2-4-12(5-3-11)8-16-14(17)10-18-9-13-6-15-7-13/h2-5,13,15H,6-10H2,1H3,(H,16,17). The third-order valence-corrected chi connectivity index (χ3v) is 4.24. The summed E-state index contributed by atoms with van der Waals surface area (Å²) in [6.45, 7) is 4.91. The Balaban J connectivity index is 1.60. The molecule has 1 aromatic rings. The van der Waals surface area contributed by atoms with E-state index in [0.29, 0.717) is 12.3 Å². The van der Waals surface area contributed by atoms with Crippen molar-refractivity contribution in [3.8, 4) is 0 Å². The van der Waals surface area contributed by atoms with Crippen LogP contribution in [0.2, 0.25) is 0 Å². The van der Waals surface area contributed by atoms with Crippen molar-refractivity contribution in [2.75, 3.05) is 24.6 Å². The van der Waals surface area contributed by atoms with Crippen LogP contribution in [0, 0.1) is 12.8 Å². The predicted octanol–water partition coefficient (Wildman–Crippen LogP) is 1.56. The highest BCUT2D eigenvalue weighted by molar-refractivity contribution is 7.99. The maximum atomic E-state index is 11.6. The van der Waals surface area contributed by atoms with E-state index in [1.807, 2.05) is 0 Å². The summed E-state index contributed by atoms with van der Waals surface area (Å²) in [7, 11) is 0. The fourth-order valence-corrected chi connectivity index (χ4v) is 2.72. The Labute approximate surface area is 113 Å². The Morgan fingerprint density at radius 2 is 2.11 bits per heavy atom. The number of thioether (sulfide) groups is 1. The van der Waals surface area contributed by atoms with Crippen LogP contribution >= 0.6 is 11.8 Å². The van der Waals surface area contributed by atoms with Crippen molar-refractivity contribution in [3.05, 3.63) is 35.4 Å². The average Bonchev–Trinajstić information content (AvgIpc) is 2.32. The molecule has 1 aromatic carbocycles. The van der Waals surface area contributed by atoms with Gasteiger partial charge in [0.2, 0.25) is 5.91 Å². The monoisotopic (exact) mass is 264 g/mol. The van der Waals surface area contributed by atoms with Gasteiger partial charge in [-0.3, -0.25) is 4.79 Å². The molecule has 0 atom stereocenters. The molecule has 0 saturated carbocycles. The van der Waals surface area contributed by atoms with Crippen LogP contribution in [0.1, 0.15) is 11.1 Å². The van der Waals surface area contributed by atoms with Crippen LogP contribution in [0.4, 0.5) is 0 Å². The first-order valence-electron chi connectivity index (χ1n) is 6.35. The number of aryl methyl sites for hydroxylation is 1. The Kier molecular flexibility index (Phi) is 5.08. The SMILES string of the molecule is Cc1ccc(CNC(=O)CSCC2CNC2)cc1. The van der Waals surface area contributed by atoms with Gasteiger partial charge in [-0.2, -0.15) is 11.8 Å². The molecule has 0 spiro atoms. The van der Waals surface area contributed by atoms with E-state index >= 15 is 0 Å². The van der Waals surface area contributed by atoms with Gasteiger partial charge < -0.3 is 10.6 Å². The second-order valence-corrected chi connectivity index (χ2v) is 5.83. The van der Waals surface area contributed by atoms with E-state index < -0.39 is 0 Å². The summed E-state index contributed by atoms with van der Waals surface area (Å²) < 4.78 is 0. The van der Waals surface area contributed by atoms with Crippen LogP contribution < -0.4 is 10.6 Å². The van der Waals surface area contributed by atoms with E-state index in [1.54, 1.807) is 11.8 Å². The van der Waals surface area contributed by atoms with Gasteiger partial charge in [0.25, 0.3) is 0 Å². The fraction of sp³-hybridized carbons (Fsp3) is 0.500. The highest BCUT2D eigenvalue weighted by atomic mass is 32.2. The Hall–Kier alpha value is -1.00. The first-order valence-corrected chi connectivity index (χ1v) is 7.50. The van der Waals surface area contributed by atoms with Gasteiger partial charge in [0.1, 0.15) is 0 Å². The van der Waals surface area contributed by atoms with Crippen molar-refractivity contribution < 1.29 is 4.79 Å². The van der Waals surface area contributed by atoms with Crippen LogP contribution in [-0.4, -0.2) is 30.5 Å². The van der Waals surface area contributed by atoms with E-state index in [9.17, 15) is 4.79 Å². The molecule has 98 valence electrons. The summed E-state index contributed by atoms with van der Waals surface area (Å²) in [6.07, 6.45) is 0. The number of carbonyl (C=O) groups is 1. The first kappa shape index (κ1) is 13.4. The molecule has 2 N–H and O–H groups in total. The number of amides is 1. The molecule has 0 bridgehead atoms. The van der Waals surface area contributed by atoms with Crippen molar-refractivity contribution in [1.29, 1.82) is 0 Å². The highest BCUT2D eigenvalue weighted by Crippen LogP contribution is 2.12. The lowest BCUT2D eigenvalue weighted by atomic mass is 10.1. The molecule has 0 unspecified atom stereocenters. The Morgan fingerprint density at radius 3 is 2.72 bits per heavy atom. The largest absolute Gasteiger partial charge is 0.351 e. The van der Waals surface area contributed by atoms with Gasteiger partial charge in [0, 0.05) is 6.54 Å². The number of carbonyl (C=O) groups excluding carboxylic acids is 1. The molecule has 1 saturated heterocycles. The zero-order valence-electron chi connectivity index (χ0n) is 10.7. The zero-order valence-corrected chi connectivity index (χ0v) is 11.6. The molecular weight excluding hydrogens is 244 g/mol. The fourth-order valence-electron chi connectivity index (χ4n) is 1.74. The van der Waals surface area contributed by atoms with E-state index in [-0.39, 0.29) is 5.91 Å². The van der Waals surface area contributed by atoms with Gasteiger partial charge in [-0.15, -0.1) is 0 Å². The van der Waals surface area contributed by atoms with Gasteiger partial charge in [-0.1, -0.05) is 29.8 Å². The second kappa shape index (κ2) is 6.81. The maximum absolute atomic E-state index is 11.6. The van der Waals surface area contributed by atoms with E-state index in [2.05, 4.69) is 41.8 Å². The third-order valence-electron chi connectivity index (χ3n) is 3.06. The molecular formula is C14H20N2OS. The summed E-state index contributed by atoms with van der Waals surface area (Å²) in [6, 6.07) is 8.26. The Bertz CT molecular complexity index is 387. The van der Waals surface area contributed by atoms with Gasteiger partial charge in [0.05, 0.1) is 5.75 Å². The summed E-state index contributed by atoms with van der Waals surface area (Å²) in [5.41, 5.74) is 2.40. The minimum atomic E-state index is 0.132. The second-order valence-electron chi connectivity index (χ2n) is 4.80. The lowest BCUT2D eigenvalue weighted by molar-refractivity contribution is -0.118. The van der Waals surface area contributed by atoms with Crippen molar-refractivity contribution in [2.24, 2.45) is 5.92 Å². The van der Waals surface area contributed by atoms with Crippen molar-refractivity contribution >= 4 is 17.7 Å². The van der Waals surface area contributed by atoms with Crippen LogP contribution in [0.3, 0.4) is 0 Å². The number of hydrogen-bond donors (Lipinski definition) is 2. The summed E-state index contributed by atoms with van der Waals surface area (Å²) in [5.74, 6) is 2.56. The molecule has 1 aliphatic rings. The van der Waals surface area contributed by atoms with Gasteiger partial charge in [-0.25, -0.2) is 0 Å². The van der Waals surface area contributed by atoms with E-state index in [4.69, 9.17) is 0 Å². The van der Waals surface area contributed by atoms with E-state index in [0.717, 1.165) is 30.3 Å². The van der Waals surface area contributed by atoms with Crippen LogP contribution in [0.25, 0.3) is 0 Å². The number of nitrogens with one attached hydrogen (secondary N) is 2. The lowest BCUT2D eigenvalue weighted by Gasteiger charge is -2.26. The van der Waals surface area contributed by atoms with Gasteiger partial charge in [-0.05, 0) is 37.2 Å². The molecule has 0 aromatic heterocycles. The molecule has 2 rings (SSSR count). The molecule has 4 heteroatoms. The zero-order chi connectivity index (χ0) is 12.8. The van der Waals surface area contributed by atoms with Gasteiger partial charge >= 0.3 is 0 Å². The van der Waals surface area contributed by atoms with Crippen molar-refractivity contribution in [2.45, 2.75) is 13.5 Å². The normalized spacial score (nSPS) is 15.2. The molecule has 1 fully saturated rings. The summed E-state index contributed by atoms with van der Waals surface area (Å²) in [5, 5.41) is 6.19. The first-order chi connectivity index (χ1) is 8.74. The maximum Gasteiger partial charge on any atom is 0.230 e. The highest BCUT2D eigenvalue weighted by Gasteiger charge is 2.16. The smallest absolute Gasteiger partial charge is 0.230 e. The molecule has 0 radical (unpaired) electrons. The van der Waals surface area contributed by atoms with Crippen molar-refractivity contribution in [1.82, 2.24) is 10.6 Å². The molecule has 18 heavy (non-hydrogen) atoms. The number of benzene rings is 1. The minimum absolute atomic E-state index is 0.132. The lowest BCUT2D eigenvalue weighted by Crippen LogP contribution is -2.43. The molecule has 1 amide bonds. The molecule has 0 aliphatic carbocycles. The summed E-state index contributed by atoms with van der Waals surface area (Å²) >= 11 is 1.73. The topological polar surface area (TPSA) is 41.1 Å². The third kappa shape index (κ3) is 4.35. The van der Waals surface area contributed by atoms with Crippen molar-refractivity contribution in [3.63, 3.8) is 0 Å². The Morgan fingerprint density at radius 1 is 1.39 bits per heavy atom. The van der Waals surface area contributed by atoms with E-state index in [1.165, 1.54) is 5.56 Å². The van der Waals surface area contributed by atoms with Gasteiger partial charge in [0.15, 0.2) is 0 Å². The molecule has 1 heterocycles. The molecule has 3 nitrogen and oxygen atoms in total. The van der Waals surface area contributed by atoms with Crippen LogP contribution in [-0.2, 0) is 11.3 Å². The number of hydrogen-bond acceptors (Lipinski definition) is 3. The summed E-state index contributed by atoms with van der Waals surface area (Å²) in [4.78, 5) is 11.6. The molecule has 1 aliphatic heterocycles. The number of rotatable bonds is 6. The minimum Gasteiger partial charge on any atom is -0.351 e. The quantitative estimate of drug-likeness (QED) is 0.819. The van der Waals surface area contributed by atoms with Crippen LogP contribution in [0.15, 0.2) is 24.3 Å². The predicted molar refractivity (Wildman–Crippen MR) is 76.7 cm³/mol. The average molecular weight is 264 g/mol.